The van der Waals surface area contributed by atoms with Crippen molar-refractivity contribution >= 4 is 23.1 Å². The Labute approximate surface area is 163 Å². The molecule has 6 nitrogen and oxygen atoms in total. The first-order chi connectivity index (χ1) is 13.7. The maximum Gasteiger partial charge on any atom is 0.326 e. The van der Waals surface area contributed by atoms with E-state index in [4.69, 9.17) is 4.74 Å². The monoisotopic (exact) mass is 372 g/mol. The highest BCUT2D eigenvalue weighted by atomic mass is 16.5. The van der Waals surface area contributed by atoms with Crippen LogP contribution in [0.2, 0.25) is 0 Å². The Hall–Kier alpha value is -3.80. The van der Waals surface area contributed by atoms with Gasteiger partial charge in [0.1, 0.15) is 11.4 Å². The number of nitrogens with zero attached hydrogens (tertiary/aromatic N) is 3. The number of methoxy groups -OCH3 is 1. The van der Waals surface area contributed by atoms with Crippen LogP contribution in [0.5, 0.6) is 5.75 Å². The minimum atomic E-state index is -0.220. The first kappa shape index (κ1) is 17.6. The summed E-state index contributed by atoms with van der Waals surface area (Å²) >= 11 is 0. The van der Waals surface area contributed by atoms with E-state index in [2.05, 4.69) is 10.3 Å². The number of rotatable bonds is 5. The minimum Gasteiger partial charge on any atom is -0.497 e. The SMILES string of the molecule is COc1ccc(NC(=O)N(Cc2cnc3ccccn23)c2ccccc2)cc1. The number of ether oxygens (including phenoxy) is 1. The molecule has 0 aliphatic rings. The Morgan fingerprint density at radius 3 is 2.54 bits per heavy atom. The molecular formula is C22H20N4O2. The summed E-state index contributed by atoms with van der Waals surface area (Å²) in [6.45, 7) is 0.386. The van der Waals surface area contributed by atoms with E-state index >= 15 is 0 Å². The number of pyridine rings is 1. The summed E-state index contributed by atoms with van der Waals surface area (Å²) in [5.41, 5.74) is 3.27. The summed E-state index contributed by atoms with van der Waals surface area (Å²) in [6.07, 6.45) is 3.74. The van der Waals surface area contributed by atoms with Crippen molar-refractivity contribution in [3.8, 4) is 5.75 Å². The third kappa shape index (κ3) is 3.66. The van der Waals surface area contributed by atoms with Crippen molar-refractivity contribution < 1.29 is 9.53 Å². The van der Waals surface area contributed by atoms with E-state index < -0.39 is 0 Å². The van der Waals surface area contributed by atoms with E-state index in [1.54, 1.807) is 18.2 Å². The fraction of sp³-hybridized carbons (Fsp3) is 0.0909. The van der Waals surface area contributed by atoms with Crippen LogP contribution in [0.25, 0.3) is 5.65 Å². The number of urea groups is 1. The number of para-hydroxylation sites is 1. The Balaban J connectivity index is 1.62. The van der Waals surface area contributed by atoms with Crippen molar-refractivity contribution in [2.75, 3.05) is 17.3 Å². The van der Waals surface area contributed by atoms with Crippen LogP contribution >= 0.6 is 0 Å². The zero-order valence-electron chi connectivity index (χ0n) is 15.4. The summed E-state index contributed by atoms with van der Waals surface area (Å²) < 4.78 is 7.15. The molecule has 0 saturated carbocycles. The van der Waals surface area contributed by atoms with Crippen molar-refractivity contribution in [3.63, 3.8) is 0 Å². The van der Waals surface area contributed by atoms with Gasteiger partial charge in [0.2, 0.25) is 0 Å². The van der Waals surface area contributed by atoms with E-state index in [1.807, 2.05) is 83.4 Å². The average Bonchev–Trinajstić information content (AvgIpc) is 3.16. The van der Waals surface area contributed by atoms with Crippen LogP contribution in [0, 0.1) is 0 Å². The summed E-state index contributed by atoms with van der Waals surface area (Å²) in [6, 6.07) is 22.4. The predicted octanol–water partition coefficient (Wildman–Crippen LogP) is 4.58. The predicted molar refractivity (Wildman–Crippen MR) is 110 cm³/mol. The number of anilines is 2. The van der Waals surface area contributed by atoms with E-state index in [9.17, 15) is 4.79 Å². The normalized spacial score (nSPS) is 10.6. The van der Waals surface area contributed by atoms with Gasteiger partial charge in [-0.15, -0.1) is 0 Å². The number of imidazole rings is 1. The van der Waals surface area contributed by atoms with Crippen LogP contribution in [-0.4, -0.2) is 22.5 Å². The highest BCUT2D eigenvalue weighted by Crippen LogP contribution is 2.21. The molecule has 0 saturated heterocycles. The molecule has 2 amide bonds. The molecule has 0 unspecified atom stereocenters. The lowest BCUT2D eigenvalue weighted by Gasteiger charge is -2.23. The molecule has 2 heterocycles. The number of aromatic nitrogens is 2. The Morgan fingerprint density at radius 2 is 1.79 bits per heavy atom. The van der Waals surface area contributed by atoms with Gasteiger partial charge in [-0.3, -0.25) is 4.90 Å². The zero-order chi connectivity index (χ0) is 19.3. The van der Waals surface area contributed by atoms with Crippen molar-refractivity contribution in [2.45, 2.75) is 6.54 Å². The second kappa shape index (κ2) is 7.84. The third-order valence-corrected chi connectivity index (χ3v) is 4.47. The molecule has 0 radical (unpaired) electrons. The quantitative estimate of drug-likeness (QED) is 0.558. The number of nitrogens with one attached hydrogen (secondary N) is 1. The lowest BCUT2D eigenvalue weighted by molar-refractivity contribution is 0.256. The Bertz CT molecular complexity index is 1070. The molecule has 28 heavy (non-hydrogen) atoms. The molecule has 0 atom stereocenters. The molecule has 4 aromatic rings. The van der Waals surface area contributed by atoms with Crippen LogP contribution in [0.4, 0.5) is 16.2 Å². The molecule has 6 heteroatoms. The summed E-state index contributed by atoms with van der Waals surface area (Å²) in [5.74, 6) is 0.739. The maximum absolute atomic E-state index is 13.1. The van der Waals surface area contributed by atoms with E-state index in [1.165, 1.54) is 0 Å². The van der Waals surface area contributed by atoms with E-state index in [0.29, 0.717) is 12.2 Å². The van der Waals surface area contributed by atoms with Gasteiger partial charge in [0, 0.05) is 17.6 Å². The molecule has 140 valence electrons. The van der Waals surface area contributed by atoms with Gasteiger partial charge in [-0.25, -0.2) is 9.78 Å². The minimum absolute atomic E-state index is 0.220. The van der Waals surface area contributed by atoms with Gasteiger partial charge in [-0.1, -0.05) is 24.3 Å². The number of amides is 2. The van der Waals surface area contributed by atoms with Crippen molar-refractivity contribution in [1.29, 1.82) is 0 Å². The smallest absolute Gasteiger partial charge is 0.326 e. The van der Waals surface area contributed by atoms with Gasteiger partial charge in [-0.05, 0) is 48.5 Å². The van der Waals surface area contributed by atoms with E-state index in [-0.39, 0.29) is 6.03 Å². The molecule has 2 aromatic carbocycles. The van der Waals surface area contributed by atoms with Crippen molar-refractivity contribution in [1.82, 2.24) is 9.38 Å². The number of hydrogen-bond donors (Lipinski definition) is 1. The topological polar surface area (TPSA) is 58.9 Å². The van der Waals surface area contributed by atoms with Crippen LogP contribution in [0.1, 0.15) is 5.69 Å². The fourth-order valence-corrected chi connectivity index (χ4v) is 3.02. The molecule has 0 fully saturated rings. The Kier molecular flexibility index (Phi) is 4.93. The van der Waals surface area contributed by atoms with Gasteiger partial charge in [0.25, 0.3) is 0 Å². The van der Waals surface area contributed by atoms with Gasteiger partial charge in [0.05, 0.1) is 25.5 Å². The maximum atomic E-state index is 13.1. The second-order valence-corrected chi connectivity index (χ2v) is 6.26. The average molecular weight is 372 g/mol. The summed E-state index contributed by atoms with van der Waals surface area (Å²) in [5, 5.41) is 2.95. The number of hydrogen-bond acceptors (Lipinski definition) is 3. The number of benzene rings is 2. The van der Waals surface area contributed by atoms with Crippen molar-refractivity contribution in [2.24, 2.45) is 0 Å². The van der Waals surface area contributed by atoms with Gasteiger partial charge < -0.3 is 14.5 Å². The number of carbonyl (C=O) groups is 1. The lowest BCUT2D eigenvalue weighted by atomic mass is 10.2. The Morgan fingerprint density at radius 1 is 1.04 bits per heavy atom. The summed E-state index contributed by atoms with van der Waals surface area (Å²) in [4.78, 5) is 19.2. The zero-order valence-corrected chi connectivity index (χ0v) is 15.4. The van der Waals surface area contributed by atoms with Crippen molar-refractivity contribution in [3.05, 3.63) is 90.9 Å². The molecule has 2 aromatic heterocycles. The number of fused-ring (bicyclic) bond motifs is 1. The molecule has 0 spiro atoms. The highest BCUT2D eigenvalue weighted by molar-refractivity contribution is 6.01. The lowest BCUT2D eigenvalue weighted by Crippen LogP contribution is -2.34. The molecule has 1 N–H and O–H groups in total. The van der Waals surface area contributed by atoms with Gasteiger partial charge in [-0.2, -0.15) is 0 Å². The fourth-order valence-electron chi connectivity index (χ4n) is 3.02. The molecule has 4 rings (SSSR count). The second-order valence-electron chi connectivity index (χ2n) is 6.26. The molecule has 0 aliphatic carbocycles. The molecule has 0 bridgehead atoms. The standard InChI is InChI=1S/C22H20N4O2/c1-28-20-12-10-17(11-13-20)24-22(27)26(18-7-3-2-4-8-18)16-19-15-23-21-9-5-6-14-25(19)21/h2-15H,16H2,1H3,(H,24,27). The first-order valence-electron chi connectivity index (χ1n) is 8.93. The van der Waals surface area contributed by atoms with Crippen LogP contribution in [0.3, 0.4) is 0 Å². The molecule has 0 aliphatic heterocycles. The van der Waals surface area contributed by atoms with E-state index in [0.717, 1.165) is 22.8 Å². The van der Waals surface area contributed by atoms with Crippen LogP contribution < -0.4 is 15.0 Å². The van der Waals surface area contributed by atoms with Gasteiger partial charge in [0.15, 0.2) is 0 Å². The highest BCUT2D eigenvalue weighted by Gasteiger charge is 2.18. The first-order valence-corrected chi connectivity index (χ1v) is 8.93. The van der Waals surface area contributed by atoms with Gasteiger partial charge >= 0.3 is 6.03 Å². The largest absolute Gasteiger partial charge is 0.497 e. The number of carbonyl (C=O) groups excluding carboxylic acids is 1. The molecular weight excluding hydrogens is 352 g/mol. The third-order valence-electron chi connectivity index (χ3n) is 4.47. The van der Waals surface area contributed by atoms with Crippen LogP contribution in [-0.2, 0) is 6.54 Å². The van der Waals surface area contributed by atoms with Crippen LogP contribution in [0.15, 0.2) is 85.2 Å². The summed E-state index contributed by atoms with van der Waals surface area (Å²) in [7, 11) is 1.61.